The van der Waals surface area contributed by atoms with Crippen LogP contribution in [0.4, 0.5) is 0 Å². The maximum absolute atomic E-state index is 12.8. The molecule has 0 aliphatic rings. The van der Waals surface area contributed by atoms with E-state index in [9.17, 15) is 9.59 Å². The molecule has 0 aromatic carbocycles. The van der Waals surface area contributed by atoms with Gasteiger partial charge in [-0.2, -0.15) is 0 Å². The summed E-state index contributed by atoms with van der Waals surface area (Å²) >= 11 is 0. The number of ether oxygens (including phenoxy) is 3. The second kappa shape index (κ2) is 56.1. The first-order valence-corrected chi connectivity index (χ1v) is 27.8. The zero-order chi connectivity index (χ0) is 47.7. The van der Waals surface area contributed by atoms with Crippen LogP contribution >= 0.6 is 0 Å². The number of hydrogen-bond acceptors (Lipinski definition) is 5. The molecule has 0 saturated carbocycles. The Kier molecular flexibility index (Phi) is 53.4. The fourth-order valence-electron chi connectivity index (χ4n) is 7.48. The van der Waals surface area contributed by atoms with Crippen LogP contribution in [0.5, 0.6) is 0 Å². The molecule has 0 bridgehead atoms. The second-order valence-electron chi connectivity index (χ2n) is 18.1. The zero-order valence-corrected chi connectivity index (χ0v) is 43.4. The minimum Gasteiger partial charge on any atom is -0.462 e. The lowest BCUT2D eigenvalue weighted by atomic mass is 10.1. The molecule has 0 aromatic rings. The number of allylic oxidation sites excluding steroid dienone is 16. The van der Waals surface area contributed by atoms with E-state index in [-0.39, 0.29) is 25.2 Å². The van der Waals surface area contributed by atoms with Crippen molar-refractivity contribution in [3.8, 4) is 0 Å². The van der Waals surface area contributed by atoms with E-state index in [1.165, 1.54) is 122 Å². The summed E-state index contributed by atoms with van der Waals surface area (Å²) in [5.74, 6) is -0.439. The molecule has 0 aromatic heterocycles. The maximum atomic E-state index is 12.8. The first-order chi connectivity index (χ1) is 32.6. The quantitative estimate of drug-likeness (QED) is 0.0346. The van der Waals surface area contributed by atoms with E-state index in [0.29, 0.717) is 19.4 Å². The van der Waals surface area contributed by atoms with Crippen LogP contribution in [-0.4, -0.2) is 37.9 Å². The summed E-state index contributed by atoms with van der Waals surface area (Å²) < 4.78 is 17.4. The Hall–Kier alpha value is -3.18. The molecule has 5 heteroatoms. The van der Waals surface area contributed by atoms with Gasteiger partial charge in [-0.25, -0.2) is 0 Å². The van der Waals surface area contributed by atoms with Gasteiger partial charge in [0.15, 0.2) is 6.10 Å². The van der Waals surface area contributed by atoms with E-state index >= 15 is 0 Å². The molecule has 378 valence electrons. The predicted octanol–water partition coefficient (Wildman–Crippen LogP) is 19.0. The third-order valence-electron chi connectivity index (χ3n) is 11.6. The molecule has 0 aliphatic heterocycles. The monoisotopic (exact) mass is 917 g/mol. The Labute approximate surface area is 409 Å². The molecule has 0 rings (SSSR count). The lowest BCUT2D eigenvalue weighted by Crippen LogP contribution is -2.30. The van der Waals surface area contributed by atoms with Crippen molar-refractivity contribution in [3.05, 3.63) is 97.2 Å². The van der Waals surface area contributed by atoms with Crippen LogP contribution in [-0.2, 0) is 23.8 Å². The van der Waals surface area contributed by atoms with Gasteiger partial charge in [0.25, 0.3) is 0 Å². The molecule has 5 nitrogen and oxygen atoms in total. The normalized spacial score (nSPS) is 13.0. The highest BCUT2D eigenvalue weighted by Crippen LogP contribution is 2.14. The number of carbonyl (C=O) groups excluding carboxylic acids is 2. The summed E-state index contributed by atoms with van der Waals surface area (Å²) in [6.45, 7) is 7.63. The van der Waals surface area contributed by atoms with Crippen molar-refractivity contribution >= 4 is 11.9 Å². The number of unbranched alkanes of at least 4 members (excludes halogenated alkanes) is 23. The molecule has 1 unspecified atom stereocenters. The Bertz CT molecular complexity index is 1270. The van der Waals surface area contributed by atoms with Crippen molar-refractivity contribution < 1.29 is 23.8 Å². The van der Waals surface area contributed by atoms with Crippen molar-refractivity contribution in [1.29, 1.82) is 0 Å². The molecule has 0 fully saturated rings. The Balaban J connectivity index is 4.31. The van der Waals surface area contributed by atoms with Crippen molar-refractivity contribution in [2.75, 3.05) is 19.8 Å². The van der Waals surface area contributed by atoms with E-state index in [0.717, 1.165) is 96.3 Å². The molecule has 0 heterocycles. The van der Waals surface area contributed by atoms with Crippen molar-refractivity contribution in [1.82, 2.24) is 0 Å². The van der Waals surface area contributed by atoms with Gasteiger partial charge in [0.05, 0.1) is 6.61 Å². The molecule has 1 atom stereocenters. The molecule has 66 heavy (non-hydrogen) atoms. The summed E-state index contributed by atoms with van der Waals surface area (Å²) in [5.41, 5.74) is 0. The molecule has 0 spiro atoms. The van der Waals surface area contributed by atoms with Crippen molar-refractivity contribution in [2.45, 2.75) is 258 Å². The Morgan fingerprint density at radius 1 is 0.348 bits per heavy atom. The van der Waals surface area contributed by atoms with Gasteiger partial charge in [-0.3, -0.25) is 9.59 Å². The van der Waals surface area contributed by atoms with Gasteiger partial charge < -0.3 is 14.2 Å². The fourth-order valence-corrected chi connectivity index (χ4v) is 7.48. The maximum Gasteiger partial charge on any atom is 0.306 e. The lowest BCUT2D eigenvalue weighted by molar-refractivity contribution is -0.163. The molecular formula is C61H104O5. The minimum absolute atomic E-state index is 0.0611. The number of rotatable bonds is 50. The SMILES string of the molecule is CC/C=C\C/C=C\C/C=C\C/C=C\C/C=C\CCCCCC(=O)OCC(COCCCCCCCCC/C=C\C/C=C\C/C=C\CCCCC)OC(=O)CCCCCCCCCCCCC. The third-order valence-corrected chi connectivity index (χ3v) is 11.6. The minimum atomic E-state index is -0.558. The zero-order valence-electron chi connectivity index (χ0n) is 43.4. The first-order valence-electron chi connectivity index (χ1n) is 27.8. The van der Waals surface area contributed by atoms with Gasteiger partial charge in [0, 0.05) is 19.4 Å². The molecule has 0 amide bonds. The lowest BCUT2D eigenvalue weighted by Gasteiger charge is -2.18. The summed E-state index contributed by atoms with van der Waals surface area (Å²) in [6.07, 6.45) is 75.6. The molecule has 0 aliphatic carbocycles. The highest BCUT2D eigenvalue weighted by Gasteiger charge is 2.17. The summed E-state index contributed by atoms with van der Waals surface area (Å²) in [7, 11) is 0. The van der Waals surface area contributed by atoms with Crippen LogP contribution in [0.1, 0.15) is 252 Å². The third kappa shape index (κ3) is 53.4. The topological polar surface area (TPSA) is 61.8 Å². The second-order valence-corrected chi connectivity index (χ2v) is 18.1. The summed E-state index contributed by atoms with van der Waals surface area (Å²) in [5, 5.41) is 0. The van der Waals surface area contributed by atoms with Gasteiger partial charge in [-0.1, -0.05) is 234 Å². The van der Waals surface area contributed by atoms with E-state index in [1.807, 2.05) is 0 Å². The van der Waals surface area contributed by atoms with Crippen LogP contribution in [0.15, 0.2) is 97.2 Å². The predicted molar refractivity (Wildman–Crippen MR) is 288 cm³/mol. The first kappa shape index (κ1) is 62.8. The smallest absolute Gasteiger partial charge is 0.306 e. The van der Waals surface area contributed by atoms with E-state index in [1.54, 1.807) is 0 Å². The van der Waals surface area contributed by atoms with Crippen LogP contribution in [0, 0.1) is 0 Å². The average Bonchev–Trinajstić information content (AvgIpc) is 3.32. The van der Waals surface area contributed by atoms with Crippen molar-refractivity contribution in [2.24, 2.45) is 0 Å². The summed E-state index contributed by atoms with van der Waals surface area (Å²) in [6, 6.07) is 0. The largest absolute Gasteiger partial charge is 0.462 e. The fraction of sp³-hybridized carbons (Fsp3) is 0.705. The highest BCUT2D eigenvalue weighted by molar-refractivity contribution is 5.70. The van der Waals surface area contributed by atoms with Crippen molar-refractivity contribution in [3.63, 3.8) is 0 Å². The van der Waals surface area contributed by atoms with E-state index in [4.69, 9.17) is 14.2 Å². The van der Waals surface area contributed by atoms with Gasteiger partial charge in [0.2, 0.25) is 0 Å². The molecular weight excluding hydrogens is 813 g/mol. The van der Waals surface area contributed by atoms with Gasteiger partial charge >= 0.3 is 11.9 Å². The Morgan fingerprint density at radius 3 is 1.14 bits per heavy atom. The van der Waals surface area contributed by atoms with E-state index in [2.05, 4.69) is 118 Å². The number of esters is 2. The number of hydrogen-bond donors (Lipinski definition) is 0. The highest BCUT2D eigenvalue weighted by atomic mass is 16.6. The van der Waals surface area contributed by atoms with Gasteiger partial charge in [-0.15, -0.1) is 0 Å². The van der Waals surface area contributed by atoms with Crippen LogP contribution in [0.2, 0.25) is 0 Å². The Morgan fingerprint density at radius 2 is 0.682 bits per heavy atom. The van der Waals surface area contributed by atoms with Crippen LogP contribution < -0.4 is 0 Å². The molecule has 0 saturated heterocycles. The van der Waals surface area contributed by atoms with Crippen LogP contribution in [0.3, 0.4) is 0 Å². The standard InChI is InChI=1S/C61H104O5/c1-4-7-10-13-16-19-22-24-26-28-30-32-34-36-38-41-44-47-50-53-56-64-57-59(66-61(63)55-52-49-46-43-39-21-18-15-12-9-6-3)58-65-60(62)54-51-48-45-42-40-37-35-33-31-29-27-25-23-20-17-14-11-8-5-2/h8,11,16-17,19-20,24-27,30-33,37,40,59H,4-7,9-10,12-15,18,21-23,28-29,34-36,38-39,41-58H2,1-3H3/b11-8-,19-16-,20-17-,26-24-,27-25-,32-30-,33-31-,40-37-. The molecule has 0 N–H and O–H groups in total. The van der Waals surface area contributed by atoms with Gasteiger partial charge in [0.1, 0.15) is 6.61 Å². The number of carbonyl (C=O) groups is 2. The molecule has 0 radical (unpaired) electrons. The average molecular weight is 917 g/mol. The van der Waals surface area contributed by atoms with E-state index < -0.39 is 6.10 Å². The van der Waals surface area contributed by atoms with Crippen LogP contribution in [0.25, 0.3) is 0 Å². The summed E-state index contributed by atoms with van der Waals surface area (Å²) in [4.78, 5) is 25.4. The van der Waals surface area contributed by atoms with Gasteiger partial charge in [-0.05, 0) is 103 Å².